The maximum atomic E-state index is 12.5. The normalized spacial score (nSPS) is 11.8. The summed E-state index contributed by atoms with van der Waals surface area (Å²) < 4.78 is 37.5. The van der Waals surface area contributed by atoms with Crippen LogP contribution in [0.1, 0.15) is 17.1 Å². The molecule has 6 heteroatoms. The summed E-state index contributed by atoms with van der Waals surface area (Å²) in [5.41, 5.74) is -0.701. The molecule has 0 fully saturated rings. The van der Waals surface area contributed by atoms with Crippen LogP contribution in [-0.2, 0) is 12.6 Å². The predicted molar refractivity (Wildman–Crippen MR) is 49.4 cm³/mol. The summed E-state index contributed by atoms with van der Waals surface area (Å²) >= 11 is 0. The van der Waals surface area contributed by atoms with E-state index in [-0.39, 0.29) is 12.1 Å². The van der Waals surface area contributed by atoms with Crippen LogP contribution in [0.5, 0.6) is 0 Å². The first-order valence-corrected chi connectivity index (χ1v) is 4.49. The van der Waals surface area contributed by atoms with E-state index in [2.05, 4.69) is 15.3 Å². The Morgan fingerprint density at radius 1 is 1.40 bits per heavy atom. The molecule has 0 unspecified atom stereocenters. The molecule has 0 aliphatic carbocycles. The molecule has 0 saturated carbocycles. The largest absolute Gasteiger partial charge is 0.419 e. The molecule has 0 bridgehead atoms. The van der Waals surface area contributed by atoms with Gasteiger partial charge in [-0.05, 0) is 14.0 Å². The van der Waals surface area contributed by atoms with E-state index in [0.717, 1.165) is 6.20 Å². The lowest BCUT2D eigenvalue weighted by atomic mass is 10.1. The summed E-state index contributed by atoms with van der Waals surface area (Å²) in [7, 11) is 1.68. The van der Waals surface area contributed by atoms with E-state index in [1.54, 1.807) is 14.0 Å². The summed E-state index contributed by atoms with van der Waals surface area (Å²) in [4.78, 5) is 7.37. The summed E-state index contributed by atoms with van der Waals surface area (Å²) in [6, 6.07) is 0. The van der Waals surface area contributed by atoms with Crippen molar-refractivity contribution < 1.29 is 13.2 Å². The molecule has 1 rings (SSSR count). The highest BCUT2D eigenvalue weighted by Crippen LogP contribution is 2.30. The van der Waals surface area contributed by atoms with Crippen molar-refractivity contribution >= 4 is 0 Å². The minimum atomic E-state index is -4.38. The third-order valence-corrected chi connectivity index (χ3v) is 1.91. The summed E-state index contributed by atoms with van der Waals surface area (Å²) in [5.74, 6) is 0.356. The van der Waals surface area contributed by atoms with Crippen molar-refractivity contribution in [3.63, 3.8) is 0 Å². The Labute approximate surface area is 85.7 Å². The molecule has 1 heterocycles. The Balaban J connectivity index is 3.03. The van der Waals surface area contributed by atoms with E-state index in [4.69, 9.17) is 0 Å². The molecule has 0 spiro atoms. The molecule has 0 aliphatic heterocycles. The van der Waals surface area contributed by atoms with Crippen molar-refractivity contribution in [3.05, 3.63) is 23.3 Å². The smallest absolute Gasteiger partial charge is 0.319 e. The first-order valence-electron chi connectivity index (χ1n) is 4.49. The number of nitrogens with zero attached hydrogens (tertiary/aromatic N) is 2. The minimum Gasteiger partial charge on any atom is -0.319 e. The SMILES string of the molecule is CNCCc1nc(C)ncc1C(F)(F)F. The Morgan fingerprint density at radius 3 is 2.60 bits per heavy atom. The molecule has 15 heavy (non-hydrogen) atoms. The second-order valence-electron chi connectivity index (χ2n) is 3.13. The van der Waals surface area contributed by atoms with Crippen LogP contribution in [0.15, 0.2) is 6.20 Å². The van der Waals surface area contributed by atoms with Crippen LogP contribution in [0.3, 0.4) is 0 Å². The van der Waals surface area contributed by atoms with Crippen molar-refractivity contribution in [2.24, 2.45) is 0 Å². The van der Waals surface area contributed by atoms with Crippen molar-refractivity contribution in [3.8, 4) is 0 Å². The fourth-order valence-corrected chi connectivity index (χ4v) is 1.19. The highest BCUT2D eigenvalue weighted by molar-refractivity contribution is 5.21. The van der Waals surface area contributed by atoms with Gasteiger partial charge in [0.15, 0.2) is 0 Å². The quantitative estimate of drug-likeness (QED) is 0.838. The second kappa shape index (κ2) is 4.57. The fraction of sp³-hybridized carbons (Fsp3) is 0.556. The van der Waals surface area contributed by atoms with Gasteiger partial charge in [0.05, 0.1) is 11.3 Å². The first kappa shape index (κ1) is 11.9. The molecule has 0 atom stereocenters. The molecule has 0 aliphatic rings. The molecule has 1 aromatic heterocycles. The molecule has 0 aromatic carbocycles. The van der Waals surface area contributed by atoms with E-state index < -0.39 is 11.7 Å². The number of likely N-dealkylation sites (N-methyl/N-ethyl adjacent to an activating group) is 1. The van der Waals surface area contributed by atoms with Gasteiger partial charge in [0.1, 0.15) is 5.82 Å². The molecule has 0 radical (unpaired) electrons. The van der Waals surface area contributed by atoms with E-state index in [1.807, 2.05) is 0 Å². The lowest BCUT2D eigenvalue weighted by molar-refractivity contribution is -0.138. The molecule has 1 N–H and O–H groups in total. The Morgan fingerprint density at radius 2 is 2.07 bits per heavy atom. The van der Waals surface area contributed by atoms with Crippen LogP contribution in [0.25, 0.3) is 0 Å². The van der Waals surface area contributed by atoms with Gasteiger partial charge in [-0.1, -0.05) is 0 Å². The average molecular weight is 219 g/mol. The number of aryl methyl sites for hydroxylation is 1. The maximum Gasteiger partial charge on any atom is 0.419 e. The van der Waals surface area contributed by atoms with Gasteiger partial charge in [-0.3, -0.25) is 0 Å². The van der Waals surface area contributed by atoms with Crippen LogP contribution in [-0.4, -0.2) is 23.6 Å². The van der Waals surface area contributed by atoms with Crippen LogP contribution >= 0.6 is 0 Å². The molecular weight excluding hydrogens is 207 g/mol. The lowest BCUT2D eigenvalue weighted by Gasteiger charge is -2.11. The van der Waals surface area contributed by atoms with Gasteiger partial charge >= 0.3 is 6.18 Å². The number of alkyl halides is 3. The summed E-state index contributed by atoms with van der Waals surface area (Å²) in [6.07, 6.45) is -3.29. The number of hydrogen-bond donors (Lipinski definition) is 1. The van der Waals surface area contributed by atoms with Crippen LogP contribution in [0.2, 0.25) is 0 Å². The minimum absolute atomic E-state index is 0.0457. The van der Waals surface area contributed by atoms with Crippen LogP contribution in [0, 0.1) is 6.92 Å². The first-order chi connectivity index (χ1) is 6.95. The standard InChI is InChI=1S/C9H12F3N3/c1-6-14-5-7(9(10,11)12)8(15-6)3-4-13-2/h5,13H,3-4H2,1-2H3. The van der Waals surface area contributed by atoms with E-state index in [1.165, 1.54) is 0 Å². The number of rotatable bonds is 3. The van der Waals surface area contributed by atoms with Crippen molar-refractivity contribution in [1.29, 1.82) is 0 Å². The highest BCUT2D eigenvalue weighted by Gasteiger charge is 2.34. The topological polar surface area (TPSA) is 37.8 Å². The van der Waals surface area contributed by atoms with Gasteiger partial charge in [0.2, 0.25) is 0 Å². The van der Waals surface area contributed by atoms with E-state index in [0.29, 0.717) is 12.4 Å². The molecule has 3 nitrogen and oxygen atoms in total. The predicted octanol–water partition coefficient (Wildman–Crippen LogP) is 1.57. The molecule has 0 amide bonds. The van der Waals surface area contributed by atoms with E-state index >= 15 is 0 Å². The average Bonchev–Trinajstić information content (AvgIpc) is 2.12. The third kappa shape index (κ3) is 3.16. The van der Waals surface area contributed by atoms with Crippen LogP contribution < -0.4 is 5.32 Å². The van der Waals surface area contributed by atoms with Crippen molar-refractivity contribution in [1.82, 2.24) is 15.3 Å². The van der Waals surface area contributed by atoms with Crippen molar-refractivity contribution in [2.75, 3.05) is 13.6 Å². The van der Waals surface area contributed by atoms with Gasteiger partial charge in [0.25, 0.3) is 0 Å². The summed E-state index contributed by atoms with van der Waals surface area (Å²) in [5, 5.41) is 2.79. The number of hydrogen-bond acceptors (Lipinski definition) is 3. The zero-order valence-electron chi connectivity index (χ0n) is 8.52. The van der Waals surface area contributed by atoms with Gasteiger partial charge in [-0.15, -0.1) is 0 Å². The number of aromatic nitrogens is 2. The Kier molecular flexibility index (Phi) is 3.62. The van der Waals surface area contributed by atoms with Crippen LogP contribution in [0.4, 0.5) is 13.2 Å². The number of halogens is 3. The zero-order chi connectivity index (χ0) is 11.5. The Hall–Kier alpha value is -1.17. The monoisotopic (exact) mass is 219 g/mol. The molecule has 0 saturated heterocycles. The van der Waals surface area contributed by atoms with Crippen molar-refractivity contribution in [2.45, 2.75) is 19.5 Å². The number of nitrogens with one attached hydrogen (secondary N) is 1. The molecule has 84 valence electrons. The second-order valence-corrected chi connectivity index (χ2v) is 3.13. The lowest BCUT2D eigenvalue weighted by Crippen LogP contribution is -2.17. The maximum absolute atomic E-state index is 12.5. The Bertz CT molecular complexity index is 336. The highest BCUT2D eigenvalue weighted by atomic mass is 19.4. The zero-order valence-corrected chi connectivity index (χ0v) is 8.52. The summed E-state index contributed by atoms with van der Waals surface area (Å²) in [6.45, 7) is 2.03. The fourth-order valence-electron chi connectivity index (χ4n) is 1.19. The molecule has 1 aromatic rings. The van der Waals surface area contributed by atoms with Gasteiger partial charge in [-0.2, -0.15) is 13.2 Å². The van der Waals surface area contributed by atoms with Gasteiger partial charge in [0, 0.05) is 19.2 Å². The third-order valence-electron chi connectivity index (χ3n) is 1.91. The van der Waals surface area contributed by atoms with Gasteiger partial charge < -0.3 is 5.32 Å². The van der Waals surface area contributed by atoms with E-state index in [9.17, 15) is 13.2 Å². The van der Waals surface area contributed by atoms with Gasteiger partial charge in [-0.25, -0.2) is 9.97 Å². The molecular formula is C9H12F3N3.